The lowest BCUT2D eigenvalue weighted by atomic mass is 10.1. The topological polar surface area (TPSA) is 62.4 Å². The van der Waals surface area contributed by atoms with Crippen molar-refractivity contribution in [3.05, 3.63) is 65.4 Å². The van der Waals surface area contributed by atoms with Gasteiger partial charge >= 0.3 is 0 Å². The average molecular weight is 320 g/mol. The van der Waals surface area contributed by atoms with Crippen LogP contribution in [0.2, 0.25) is 0 Å². The molecule has 0 radical (unpaired) electrons. The maximum atomic E-state index is 12.4. The first kappa shape index (κ1) is 14.5. The van der Waals surface area contributed by atoms with Crippen LogP contribution in [0, 0.1) is 0 Å². The number of hydrogen-bond donors (Lipinski definition) is 1. The van der Waals surface area contributed by atoms with Crippen molar-refractivity contribution in [2.45, 2.75) is 6.42 Å². The highest BCUT2D eigenvalue weighted by Gasteiger charge is 2.34. The number of rotatable bonds is 4. The van der Waals surface area contributed by atoms with Gasteiger partial charge in [0.05, 0.1) is 18.2 Å². The molecule has 1 N–H and O–H groups in total. The number of carbonyl (C=O) groups is 2. The van der Waals surface area contributed by atoms with E-state index in [0.29, 0.717) is 24.1 Å². The smallest absolute Gasteiger partial charge is 0.261 e. The van der Waals surface area contributed by atoms with E-state index >= 15 is 0 Å². The lowest BCUT2D eigenvalue weighted by Crippen LogP contribution is -2.31. The van der Waals surface area contributed by atoms with Crippen LogP contribution in [0.15, 0.2) is 48.5 Å². The molecule has 5 heteroatoms. The molecule has 5 nitrogen and oxygen atoms in total. The van der Waals surface area contributed by atoms with E-state index in [0.717, 1.165) is 22.3 Å². The van der Waals surface area contributed by atoms with Gasteiger partial charge < -0.3 is 9.72 Å². The Hall–Kier alpha value is -3.08. The van der Waals surface area contributed by atoms with Crippen molar-refractivity contribution in [1.29, 1.82) is 0 Å². The zero-order valence-electron chi connectivity index (χ0n) is 13.2. The van der Waals surface area contributed by atoms with Crippen LogP contribution in [0.4, 0.5) is 0 Å². The first-order valence-corrected chi connectivity index (χ1v) is 7.78. The fourth-order valence-electron chi connectivity index (χ4n) is 3.11. The number of methoxy groups -OCH3 is 1. The third-order valence-electron chi connectivity index (χ3n) is 4.37. The van der Waals surface area contributed by atoms with Crippen LogP contribution >= 0.6 is 0 Å². The van der Waals surface area contributed by atoms with Crippen molar-refractivity contribution in [1.82, 2.24) is 9.88 Å². The van der Waals surface area contributed by atoms with Crippen LogP contribution in [-0.2, 0) is 6.42 Å². The minimum atomic E-state index is -0.214. The summed E-state index contributed by atoms with van der Waals surface area (Å²) in [5, 5.41) is 1.05. The van der Waals surface area contributed by atoms with Crippen molar-refractivity contribution in [3.8, 4) is 5.75 Å². The number of H-pyrrole nitrogens is 1. The van der Waals surface area contributed by atoms with Gasteiger partial charge in [-0.25, -0.2) is 0 Å². The van der Waals surface area contributed by atoms with E-state index in [4.69, 9.17) is 4.74 Å². The molecule has 1 aromatic heterocycles. The summed E-state index contributed by atoms with van der Waals surface area (Å²) in [6.45, 7) is 0.357. The predicted molar refractivity (Wildman–Crippen MR) is 90.4 cm³/mol. The van der Waals surface area contributed by atoms with Crippen molar-refractivity contribution in [2.75, 3.05) is 13.7 Å². The molecule has 120 valence electrons. The van der Waals surface area contributed by atoms with E-state index in [-0.39, 0.29) is 11.8 Å². The SMILES string of the molecule is COc1ccc2[nH]c(CCN3C(=O)c4ccccc4C3=O)cc2c1. The summed E-state index contributed by atoms with van der Waals surface area (Å²) < 4.78 is 5.23. The standard InChI is InChI=1S/C19H16N2O3/c1-24-14-6-7-17-12(11-14)10-13(20-17)8-9-21-18(22)15-4-2-3-5-16(15)19(21)23/h2-7,10-11,20H,8-9H2,1H3. The van der Waals surface area contributed by atoms with Gasteiger partial charge in [-0.05, 0) is 36.4 Å². The third-order valence-corrected chi connectivity index (χ3v) is 4.37. The Labute approximate surface area is 138 Å². The van der Waals surface area contributed by atoms with Crippen molar-refractivity contribution in [2.24, 2.45) is 0 Å². The highest BCUT2D eigenvalue weighted by molar-refractivity contribution is 6.21. The number of aromatic amines is 1. The Morgan fingerprint density at radius 3 is 2.38 bits per heavy atom. The van der Waals surface area contributed by atoms with Gasteiger partial charge in [0.1, 0.15) is 5.75 Å². The largest absolute Gasteiger partial charge is 0.497 e. The molecular weight excluding hydrogens is 304 g/mol. The summed E-state index contributed by atoms with van der Waals surface area (Å²) in [5.74, 6) is 0.371. The molecule has 0 spiro atoms. The molecule has 2 amide bonds. The monoisotopic (exact) mass is 320 g/mol. The minimum Gasteiger partial charge on any atom is -0.497 e. The van der Waals surface area contributed by atoms with E-state index in [2.05, 4.69) is 4.98 Å². The second-order valence-corrected chi connectivity index (χ2v) is 5.81. The number of hydrogen-bond acceptors (Lipinski definition) is 3. The molecule has 0 aliphatic carbocycles. The molecule has 3 aromatic rings. The molecular formula is C19H16N2O3. The van der Waals surface area contributed by atoms with Crippen LogP contribution in [0.3, 0.4) is 0 Å². The number of ether oxygens (including phenoxy) is 1. The summed E-state index contributed by atoms with van der Waals surface area (Å²) >= 11 is 0. The molecule has 1 aliphatic rings. The molecule has 4 rings (SSSR count). The summed E-state index contributed by atoms with van der Waals surface area (Å²) in [4.78, 5) is 29.4. The number of fused-ring (bicyclic) bond motifs is 2. The van der Waals surface area contributed by atoms with Gasteiger partial charge in [0.2, 0.25) is 0 Å². The number of carbonyl (C=O) groups excluding carboxylic acids is 2. The first-order valence-electron chi connectivity index (χ1n) is 7.78. The van der Waals surface area contributed by atoms with Crippen LogP contribution in [0.5, 0.6) is 5.75 Å². The van der Waals surface area contributed by atoms with Crippen LogP contribution in [-0.4, -0.2) is 35.4 Å². The number of benzene rings is 2. The fraction of sp³-hybridized carbons (Fsp3) is 0.158. The maximum Gasteiger partial charge on any atom is 0.261 e. The minimum absolute atomic E-state index is 0.214. The highest BCUT2D eigenvalue weighted by atomic mass is 16.5. The quantitative estimate of drug-likeness (QED) is 0.752. The third kappa shape index (κ3) is 2.25. The molecule has 24 heavy (non-hydrogen) atoms. The summed E-state index contributed by atoms with van der Waals surface area (Å²) in [6.07, 6.45) is 0.586. The lowest BCUT2D eigenvalue weighted by Gasteiger charge is -2.12. The van der Waals surface area contributed by atoms with Crippen molar-refractivity contribution >= 4 is 22.7 Å². The number of nitrogens with one attached hydrogen (secondary N) is 1. The second-order valence-electron chi connectivity index (χ2n) is 5.81. The van der Waals surface area contributed by atoms with Crippen LogP contribution < -0.4 is 4.74 Å². The van der Waals surface area contributed by atoms with Gasteiger partial charge in [0.25, 0.3) is 11.8 Å². The predicted octanol–water partition coefficient (Wildman–Crippen LogP) is 3.02. The zero-order chi connectivity index (χ0) is 16.7. The molecule has 1 aliphatic heterocycles. The van der Waals surface area contributed by atoms with E-state index in [9.17, 15) is 9.59 Å². The molecule has 0 saturated heterocycles. The zero-order valence-corrected chi connectivity index (χ0v) is 13.2. The number of amides is 2. The number of aromatic nitrogens is 1. The van der Waals surface area contributed by atoms with Crippen LogP contribution in [0.25, 0.3) is 10.9 Å². The normalized spacial score (nSPS) is 13.6. The average Bonchev–Trinajstić information content (AvgIpc) is 3.12. The van der Waals surface area contributed by atoms with E-state index < -0.39 is 0 Å². The van der Waals surface area contributed by atoms with E-state index in [1.165, 1.54) is 4.90 Å². The lowest BCUT2D eigenvalue weighted by molar-refractivity contribution is 0.0656. The van der Waals surface area contributed by atoms with Crippen LogP contribution in [0.1, 0.15) is 26.4 Å². The van der Waals surface area contributed by atoms with Crippen molar-refractivity contribution in [3.63, 3.8) is 0 Å². The van der Waals surface area contributed by atoms with Gasteiger partial charge in [-0.1, -0.05) is 12.1 Å². The summed E-state index contributed by atoms with van der Waals surface area (Å²) in [6, 6.07) is 14.8. The Kier molecular flexibility index (Phi) is 3.34. The number of imide groups is 1. The molecule has 0 atom stereocenters. The summed E-state index contributed by atoms with van der Waals surface area (Å²) in [5.41, 5.74) is 2.97. The Balaban J connectivity index is 1.53. The van der Waals surface area contributed by atoms with E-state index in [1.54, 1.807) is 31.4 Å². The Bertz CT molecular complexity index is 923. The maximum absolute atomic E-state index is 12.4. The number of nitrogens with zero attached hydrogens (tertiary/aromatic N) is 1. The fourth-order valence-corrected chi connectivity index (χ4v) is 3.11. The van der Waals surface area contributed by atoms with E-state index in [1.807, 2.05) is 24.3 Å². The molecule has 0 fully saturated rings. The van der Waals surface area contributed by atoms with Gasteiger partial charge in [-0.3, -0.25) is 14.5 Å². The highest BCUT2D eigenvalue weighted by Crippen LogP contribution is 2.24. The van der Waals surface area contributed by atoms with Crippen molar-refractivity contribution < 1.29 is 14.3 Å². The van der Waals surface area contributed by atoms with Gasteiger partial charge in [0, 0.05) is 29.6 Å². The van der Waals surface area contributed by atoms with Gasteiger partial charge in [-0.15, -0.1) is 0 Å². The molecule has 2 aromatic carbocycles. The first-order chi connectivity index (χ1) is 11.7. The Morgan fingerprint density at radius 1 is 1.00 bits per heavy atom. The molecule has 0 bridgehead atoms. The Morgan fingerprint density at radius 2 is 1.71 bits per heavy atom. The van der Waals surface area contributed by atoms with Gasteiger partial charge in [-0.2, -0.15) is 0 Å². The van der Waals surface area contributed by atoms with Gasteiger partial charge in [0.15, 0.2) is 0 Å². The summed E-state index contributed by atoms with van der Waals surface area (Å²) in [7, 11) is 1.64. The molecule has 2 heterocycles. The second kappa shape index (κ2) is 5.53. The molecule has 0 saturated carbocycles. The molecule has 0 unspecified atom stereocenters.